The molecule has 190 valence electrons. The average Bonchev–Trinajstić information content (AvgIpc) is 2.93. The zero-order valence-electron chi connectivity index (χ0n) is 20.4. The molecule has 0 aliphatic carbocycles. The number of nitrogens with one attached hydrogen (secondary N) is 1. The molecule has 3 heterocycles. The highest BCUT2D eigenvalue weighted by molar-refractivity contribution is 5.93. The van der Waals surface area contributed by atoms with Crippen molar-refractivity contribution in [2.45, 2.75) is 6.04 Å². The lowest BCUT2D eigenvalue weighted by Crippen LogP contribution is -2.57. The minimum Gasteiger partial charge on any atom is -0.497 e. The minimum atomic E-state index is -0.411. The first-order valence-corrected chi connectivity index (χ1v) is 11.3. The van der Waals surface area contributed by atoms with Crippen molar-refractivity contribution in [1.82, 2.24) is 14.9 Å². The monoisotopic (exact) mass is 495 g/mol. The summed E-state index contributed by atoms with van der Waals surface area (Å²) in [5, 5.41) is 10.0. The second-order valence-corrected chi connectivity index (χ2v) is 7.99. The smallest absolute Gasteiger partial charge is 0.273 e. The zero-order chi connectivity index (χ0) is 25.5. The lowest BCUT2D eigenvalue weighted by molar-refractivity contribution is 0.0559. The summed E-state index contributed by atoms with van der Waals surface area (Å²) >= 11 is 0. The molecule has 1 aromatic carbocycles. The van der Waals surface area contributed by atoms with Gasteiger partial charge in [0.2, 0.25) is 0 Å². The number of hydrogen-bond acceptors (Lipinski definition) is 10. The van der Waals surface area contributed by atoms with Crippen LogP contribution < -0.4 is 24.6 Å². The number of methoxy groups -OCH3 is 2. The molecule has 36 heavy (non-hydrogen) atoms. The molecule has 4 rings (SSSR count). The van der Waals surface area contributed by atoms with E-state index >= 15 is 0 Å². The molecule has 0 saturated carbocycles. The van der Waals surface area contributed by atoms with Crippen LogP contribution in [0.2, 0.25) is 0 Å². The Balaban J connectivity index is 1.46. The summed E-state index contributed by atoms with van der Waals surface area (Å²) in [6.07, 6.45) is 3.18. The van der Waals surface area contributed by atoms with Gasteiger partial charge in [-0.1, -0.05) is 0 Å². The largest absolute Gasteiger partial charge is 0.497 e. The van der Waals surface area contributed by atoms with E-state index in [1.165, 1.54) is 20.4 Å². The quantitative estimate of drug-likeness (QED) is 0.429. The number of aliphatic hydroxyl groups excluding tert-OH is 1. The summed E-state index contributed by atoms with van der Waals surface area (Å²) in [5.74, 6) is 2.34. The second kappa shape index (κ2) is 11.6. The topological polar surface area (TPSA) is 119 Å². The van der Waals surface area contributed by atoms with E-state index in [1.54, 1.807) is 54.6 Å². The van der Waals surface area contributed by atoms with Crippen LogP contribution in [-0.4, -0.2) is 79.5 Å². The van der Waals surface area contributed by atoms with E-state index in [0.717, 1.165) is 5.69 Å². The van der Waals surface area contributed by atoms with Gasteiger partial charge in [-0.05, 0) is 36.4 Å². The number of piperazine rings is 1. The van der Waals surface area contributed by atoms with Crippen LogP contribution in [0.5, 0.6) is 23.0 Å². The van der Waals surface area contributed by atoms with Crippen LogP contribution in [0, 0.1) is 0 Å². The Labute approximate surface area is 209 Å². The number of pyridine rings is 2. The molecule has 0 radical (unpaired) electrons. The number of carbonyl (C=O) groups excluding carboxylic acids is 1. The molecule has 1 unspecified atom stereocenters. The average molecular weight is 496 g/mol. The van der Waals surface area contributed by atoms with Crippen LogP contribution in [0.1, 0.15) is 10.5 Å². The highest BCUT2D eigenvalue weighted by Crippen LogP contribution is 2.32. The number of amides is 1. The first-order valence-electron chi connectivity index (χ1n) is 11.3. The van der Waals surface area contributed by atoms with E-state index in [4.69, 9.17) is 19.0 Å². The van der Waals surface area contributed by atoms with Crippen LogP contribution in [0.3, 0.4) is 0 Å². The van der Waals surface area contributed by atoms with Gasteiger partial charge >= 0.3 is 0 Å². The number of ether oxygens (including phenoxy) is 3. The van der Waals surface area contributed by atoms with Crippen LogP contribution >= 0.6 is 0 Å². The molecule has 1 aliphatic rings. The van der Waals surface area contributed by atoms with Gasteiger partial charge < -0.3 is 29.1 Å². The third kappa shape index (κ3) is 5.58. The number of carbonyl (C=O) groups is 1. The molecule has 11 heteroatoms. The summed E-state index contributed by atoms with van der Waals surface area (Å²) in [6, 6.07) is 11.9. The number of aromatic nitrogens is 2. The Morgan fingerprint density at radius 3 is 2.42 bits per heavy atom. The van der Waals surface area contributed by atoms with Crippen LogP contribution in [0.15, 0.2) is 54.9 Å². The lowest BCUT2D eigenvalue weighted by atomic mass is 10.1. The van der Waals surface area contributed by atoms with Crippen LogP contribution in [0.25, 0.3) is 0 Å². The third-order valence-corrected chi connectivity index (χ3v) is 5.83. The molecule has 1 amide bonds. The van der Waals surface area contributed by atoms with Crippen molar-refractivity contribution in [3.63, 3.8) is 0 Å². The molecule has 0 spiro atoms. The van der Waals surface area contributed by atoms with Crippen molar-refractivity contribution in [2.75, 3.05) is 58.0 Å². The fraction of sp³-hybridized carbons (Fsp3) is 0.320. The first kappa shape index (κ1) is 25.0. The molecule has 3 aromatic rings. The van der Waals surface area contributed by atoms with Crippen molar-refractivity contribution in [2.24, 2.45) is 0 Å². The maximum atomic E-state index is 13.3. The summed E-state index contributed by atoms with van der Waals surface area (Å²) in [5.41, 5.74) is 3.77. The lowest BCUT2D eigenvalue weighted by Gasteiger charge is -2.41. The van der Waals surface area contributed by atoms with Crippen LogP contribution in [0.4, 0.5) is 11.5 Å². The minimum absolute atomic E-state index is 0.186. The molecule has 1 aliphatic heterocycles. The molecule has 2 aromatic heterocycles. The second-order valence-electron chi connectivity index (χ2n) is 7.99. The van der Waals surface area contributed by atoms with E-state index in [2.05, 4.69) is 20.3 Å². The third-order valence-electron chi connectivity index (χ3n) is 5.83. The number of rotatable bonds is 9. The molecule has 0 bridgehead atoms. The molecule has 1 atom stereocenters. The summed E-state index contributed by atoms with van der Waals surface area (Å²) in [7, 11) is 4.61. The van der Waals surface area contributed by atoms with E-state index < -0.39 is 6.04 Å². The number of hydrogen-bond donors (Lipinski definition) is 2. The Morgan fingerprint density at radius 1 is 1.00 bits per heavy atom. The van der Waals surface area contributed by atoms with Crippen molar-refractivity contribution in [3.8, 4) is 23.0 Å². The van der Waals surface area contributed by atoms with Gasteiger partial charge in [-0.15, -0.1) is 0 Å². The predicted molar refractivity (Wildman–Crippen MR) is 133 cm³/mol. The molecular weight excluding hydrogens is 466 g/mol. The van der Waals surface area contributed by atoms with Gasteiger partial charge in [0, 0.05) is 25.7 Å². The van der Waals surface area contributed by atoms with E-state index in [-0.39, 0.29) is 18.2 Å². The highest BCUT2D eigenvalue weighted by atomic mass is 16.6. The normalized spacial score (nSPS) is 15.4. The number of nitrogens with zero attached hydrogens (tertiary/aromatic N) is 4. The van der Waals surface area contributed by atoms with Gasteiger partial charge in [-0.2, -0.15) is 0 Å². The van der Waals surface area contributed by atoms with Crippen molar-refractivity contribution in [1.29, 1.82) is 0 Å². The highest BCUT2D eigenvalue weighted by Gasteiger charge is 2.32. The maximum Gasteiger partial charge on any atom is 0.273 e. The van der Waals surface area contributed by atoms with Crippen LogP contribution in [-0.2, 0) is 4.84 Å². The Kier molecular flexibility index (Phi) is 8.03. The molecular formula is C25H29N5O6. The summed E-state index contributed by atoms with van der Waals surface area (Å²) in [4.78, 5) is 30.5. The van der Waals surface area contributed by atoms with Gasteiger partial charge in [0.25, 0.3) is 5.91 Å². The maximum absolute atomic E-state index is 13.3. The fourth-order valence-corrected chi connectivity index (χ4v) is 3.95. The Hall–Kier alpha value is -4.09. The Bertz CT molecular complexity index is 1160. The van der Waals surface area contributed by atoms with Gasteiger partial charge in [-0.25, -0.2) is 15.4 Å². The summed E-state index contributed by atoms with van der Waals surface area (Å²) < 4.78 is 16.5. The van der Waals surface area contributed by atoms with Crippen molar-refractivity contribution < 1.29 is 28.9 Å². The predicted octanol–water partition coefficient (Wildman–Crippen LogP) is 2.58. The molecule has 1 fully saturated rings. The van der Waals surface area contributed by atoms with Gasteiger partial charge in [0.15, 0.2) is 11.5 Å². The van der Waals surface area contributed by atoms with E-state index in [1.807, 2.05) is 6.07 Å². The van der Waals surface area contributed by atoms with Gasteiger partial charge in [0.1, 0.15) is 23.0 Å². The number of benzene rings is 1. The van der Waals surface area contributed by atoms with Gasteiger partial charge in [-0.3, -0.25) is 9.63 Å². The molecule has 2 N–H and O–H groups in total. The SMILES string of the molecule is CONc1ccc(N2CCN(C(=O)c3cc(OC)c(Oc4ccc(OC)cc4)cn3)C(CO)C2)cn1. The van der Waals surface area contributed by atoms with Crippen molar-refractivity contribution >= 4 is 17.4 Å². The standard InChI is InChI=1S/C25H29N5O6/c1-33-19-5-7-20(8-6-19)36-23-14-26-21(12-22(23)34-2)25(32)30-11-10-29(15-18(30)16-31)17-4-9-24(27-13-17)28-35-3/h4-9,12-14,18,31H,10-11,15-16H2,1-3H3,(H,27,28). The fourth-order valence-electron chi connectivity index (χ4n) is 3.95. The summed E-state index contributed by atoms with van der Waals surface area (Å²) in [6.45, 7) is 1.26. The number of aliphatic hydroxyl groups is 1. The first-order chi connectivity index (χ1) is 17.6. The van der Waals surface area contributed by atoms with Crippen molar-refractivity contribution in [3.05, 3.63) is 60.6 Å². The number of anilines is 2. The van der Waals surface area contributed by atoms with E-state index in [0.29, 0.717) is 48.5 Å². The molecule has 1 saturated heterocycles. The molecule has 11 nitrogen and oxygen atoms in total. The van der Waals surface area contributed by atoms with E-state index in [9.17, 15) is 9.90 Å². The Morgan fingerprint density at radius 2 is 1.78 bits per heavy atom. The zero-order valence-corrected chi connectivity index (χ0v) is 20.4. The van der Waals surface area contributed by atoms with Gasteiger partial charge in [0.05, 0.1) is 52.1 Å².